The highest BCUT2D eigenvalue weighted by atomic mass is 35.5. The molecule has 66 valence electrons. The lowest BCUT2D eigenvalue weighted by molar-refractivity contribution is -0.107. The van der Waals surface area contributed by atoms with Gasteiger partial charge in [-0.1, -0.05) is 11.6 Å². The Bertz CT molecular complexity index is 426. The minimum atomic E-state index is -0.420. The molecule has 0 atom stereocenters. The normalized spacial score (nSPS) is 14.9. The molecule has 0 bridgehead atoms. The largest absolute Gasteiger partial charge is 0.284 e. The van der Waals surface area contributed by atoms with E-state index in [-0.39, 0.29) is 0 Å². The first-order valence-electron chi connectivity index (χ1n) is 3.66. The highest BCUT2D eigenvalue weighted by molar-refractivity contribution is 8.16. The lowest BCUT2D eigenvalue weighted by atomic mass is 10.1. The van der Waals surface area contributed by atoms with Crippen molar-refractivity contribution in [3.05, 3.63) is 28.3 Å². The maximum Gasteiger partial charge on any atom is 0.264 e. The van der Waals surface area contributed by atoms with E-state index in [4.69, 9.17) is 11.6 Å². The van der Waals surface area contributed by atoms with Crippen molar-refractivity contribution < 1.29 is 9.59 Å². The third-order valence-corrected chi connectivity index (χ3v) is 3.23. The van der Waals surface area contributed by atoms with Crippen molar-refractivity contribution in [1.82, 2.24) is 0 Å². The third kappa shape index (κ3) is 1.28. The van der Waals surface area contributed by atoms with Gasteiger partial charge in [-0.2, -0.15) is 0 Å². The summed E-state index contributed by atoms with van der Waals surface area (Å²) in [6, 6.07) is 3.33. The van der Waals surface area contributed by atoms with Crippen LogP contribution < -0.4 is 0 Å². The van der Waals surface area contributed by atoms with Crippen LogP contribution in [0.5, 0.6) is 0 Å². The predicted octanol–water partition coefficient (Wildman–Crippen LogP) is 2.46. The highest BCUT2D eigenvalue weighted by Gasteiger charge is 2.29. The highest BCUT2D eigenvalue weighted by Crippen LogP contribution is 2.35. The first-order chi connectivity index (χ1) is 6.09. The molecule has 13 heavy (non-hydrogen) atoms. The van der Waals surface area contributed by atoms with Crippen LogP contribution in [-0.4, -0.2) is 10.9 Å². The quantitative estimate of drug-likeness (QED) is 0.620. The molecule has 1 aromatic carbocycles. The minimum absolute atomic E-state index is 0.417. The van der Waals surface area contributed by atoms with Gasteiger partial charge >= 0.3 is 0 Å². The van der Waals surface area contributed by atoms with Gasteiger partial charge in [0.05, 0.1) is 0 Å². The molecule has 0 aromatic heterocycles. The number of benzene rings is 1. The Balaban J connectivity index is 2.66. The zero-order valence-electron chi connectivity index (χ0n) is 6.76. The van der Waals surface area contributed by atoms with Gasteiger partial charge in [-0.15, -0.1) is 0 Å². The van der Waals surface area contributed by atoms with Crippen molar-refractivity contribution in [1.29, 1.82) is 0 Å². The first-order valence-corrected chi connectivity index (χ1v) is 4.85. The zero-order chi connectivity index (χ0) is 9.59. The Hall–Kier alpha value is -0.800. The summed E-state index contributed by atoms with van der Waals surface area (Å²) in [4.78, 5) is 22.9. The number of aryl methyl sites for hydroxylation is 1. The molecule has 1 aliphatic rings. The van der Waals surface area contributed by atoms with E-state index in [1.54, 1.807) is 12.1 Å². The van der Waals surface area contributed by atoms with Crippen LogP contribution in [-0.2, 0) is 4.79 Å². The van der Waals surface area contributed by atoms with Gasteiger partial charge in [-0.3, -0.25) is 9.59 Å². The first kappa shape index (κ1) is 8.78. The summed E-state index contributed by atoms with van der Waals surface area (Å²) in [7, 11) is 0. The van der Waals surface area contributed by atoms with E-state index in [1.165, 1.54) is 0 Å². The minimum Gasteiger partial charge on any atom is -0.284 e. The molecule has 0 spiro atoms. The van der Waals surface area contributed by atoms with Gasteiger partial charge in [-0.05, 0) is 36.4 Å². The molecule has 0 amide bonds. The second-order valence-corrected chi connectivity index (χ2v) is 4.24. The summed E-state index contributed by atoms with van der Waals surface area (Å²) in [5.74, 6) is -0.417. The van der Waals surface area contributed by atoms with Crippen LogP contribution in [0.15, 0.2) is 17.0 Å². The number of rotatable bonds is 0. The number of hydrogen-bond acceptors (Lipinski definition) is 3. The number of carbonyl (C=O) groups is 2. The SMILES string of the molecule is Cc1cc2c(cc1Cl)SC(=O)C2=O. The number of Topliss-reactive ketones (excluding diaryl/α,β-unsaturated/α-hetero) is 1. The Morgan fingerprint density at radius 3 is 2.69 bits per heavy atom. The molecule has 0 saturated heterocycles. The van der Waals surface area contributed by atoms with E-state index in [9.17, 15) is 9.59 Å². The van der Waals surface area contributed by atoms with Crippen molar-refractivity contribution in [2.24, 2.45) is 0 Å². The fourth-order valence-electron chi connectivity index (χ4n) is 1.18. The van der Waals surface area contributed by atoms with Gasteiger partial charge in [-0.25, -0.2) is 0 Å². The summed E-state index contributed by atoms with van der Waals surface area (Å²) in [6.07, 6.45) is 0. The number of hydrogen-bond donors (Lipinski definition) is 0. The second-order valence-electron chi connectivity index (χ2n) is 2.82. The lowest BCUT2D eigenvalue weighted by Crippen LogP contribution is -2.02. The van der Waals surface area contributed by atoms with Crippen LogP contribution in [0.3, 0.4) is 0 Å². The number of ketones is 1. The molecule has 0 N–H and O–H groups in total. The summed E-state index contributed by atoms with van der Waals surface area (Å²) < 4.78 is 0. The van der Waals surface area contributed by atoms with E-state index >= 15 is 0 Å². The molecule has 4 heteroatoms. The van der Waals surface area contributed by atoms with Crippen LogP contribution in [0.4, 0.5) is 0 Å². The van der Waals surface area contributed by atoms with E-state index in [2.05, 4.69) is 0 Å². The average Bonchev–Trinajstić information content (AvgIpc) is 2.32. The van der Waals surface area contributed by atoms with Gasteiger partial charge in [0.25, 0.3) is 5.12 Å². The van der Waals surface area contributed by atoms with Crippen molar-refractivity contribution in [2.45, 2.75) is 11.8 Å². The molecule has 0 unspecified atom stereocenters. The van der Waals surface area contributed by atoms with Gasteiger partial charge in [0, 0.05) is 15.5 Å². The Labute approximate surface area is 84.3 Å². The van der Waals surface area contributed by atoms with Crippen LogP contribution >= 0.6 is 23.4 Å². The summed E-state index contributed by atoms with van der Waals surface area (Å²) in [5.41, 5.74) is 1.31. The number of fused-ring (bicyclic) bond motifs is 1. The molecule has 0 fully saturated rings. The van der Waals surface area contributed by atoms with Crippen molar-refractivity contribution in [2.75, 3.05) is 0 Å². The maximum atomic E-state index is 11.2. The Kier molecular flexibility index (Phi) is 1.93. The van der Waals surface area contributed by atoms with Gasteiger partial charge in [0.1, 0.15) is 0 Å². The number of thioether (sulfide) groups is 1. The molecule has 1 heterocycles. The van der Waals surface area contributed by atoms with Crippen molar-refractivity contribution in [3.63, 3.8) is 0 Å². The van der Waals surface area contributed by atoms with Gasteiger partial charge in [0.2, 0.25) is 5.78 Å². The van der Waals surface area contributed by atoms with E-state index < -0.39 is 10.9 Å². The fraction of sp³-hybridized carbons (Fsp3) is 0.111. The van der Waals surface area contributed by atoms with Crippen LogP contribution in [0, 0.1) is 6.92 Å². The standard InChI is InChI=1S/C9H5ClO2S/c1-4-2-5-7(3-6(4)10)13-9(12)8(5)11/h2-3H,1H3. The van der Waals surface area contributed by atoms with E-state index in [0.717, 1.165) is 17.3 Å². The van der Waals surface area contributed by atoms with Crippen LogP contribution in [0.1, 0.15) is 15.9 Å². The summed E-state index contributed by atoms with van der Waals surface area (Å²) in [5, 5.41) is 0.172. The summed E-state index contributed by atoms with van der Waals surface area (Å²) in [6.45, 7) is 1.81. The molecular formula is C9H5ClO2S. The van der Waals surface area contributed by atoms with Crippen molar-refractivity contribution in [3.8, 4) is 0 Å². The molecule has 0 saturated carbocycles. The predicted molar refractivity (Wildman–Crippen MR) is 51.4 cm³/mol. The monoisotopic (exact) mass is 212 g/mol. The smallest absolute Gasteiger partial charge is 0.264 e. The Morgan fingerprint density at radius 2 is 2.00 bits per heavy atom. The molecule has 1 aromatic rings. The maximum absolute atomic E-state index is 11.2. The van der Waals surface area contributed by atoms with Crippen LogP contribution in [0.25, 0.3) is 0 Å². The second kappa shape index (κ2) is 2.86. The molecule has 2 nitrogen and oxygen atoms in total. The van der Waals surface area contributed by atoms with E-state index in [0.29, 0.717) is 15.5 Å². The molecular weight excluding hydrogens is 208 g/mol. The lowest BCUT2D eigenvalue weighted by Gasteiger charge is -1.99. The summed E-state index contributed by atoms with van der Waals surface area (Å²) >= 11 is 6.80. The van der Waals surface area contributed by atoms with Gasteiger partial charge < -0.3 is 0 Å². The number of halogens is 1. The molecule has 0 radical (unpaired) electrons. The zero-order valence-corrected chi connectivity index (χ0v) is 8.33. The number of carbonyl (C=O) groups excluding carboxylic acids is 2. The molecule has 1 aliphatic heterocycles. The van der Waals surface area contributed by atoms with Crippen LogP contribution in [0.2, 0.25) is 5.02 Å². The Morgan fingerprint density at radius 1 is 1.31 bits per heavy atom. The topological polar surface area (TPSA) is 34.1 Å². The molecule has 0 aliphatic carbocycles. The van der Waals surface area contributed by atoms with Gasteiger partial charge in [0.15, 0.2) is 0 Å². The van der Waals surface area contributed by atoms with Crippen molar-refractivity contribution >= 4 is 34.3 Å². The van der Waals surface area contributed by atoms with E-state index in [1.807, 2.05) is 6.92 Å². The third-order valence-electron chi connectivity index (χ3n) is 1.89. The molecule has 2 rings (SSSR count). The average molecular weight is 213 g/mol. The fourth-order valence-corrected chi connectivity index (χ4v) is 2.25.